The van der Waals surface area contributed by atoms with Crippen molar-refractivity contribution in [3.05, 3.63) is 22.6 Å². The molecular weight excluding hydrogens is 192 g/mol. The number of aryl methyl sites for hydroxylation is 1. The van der Waals surface area contributed by atoms with Crippen molar-refractivity contribution in [1.29, 1.82) is 0 Å². The van der Waals surface area contributed by atoms with Gasteiger partial charge in [-0.2, -0.15) is 5.10 Å². The fourth-order valence-electron chi connectivity index (χ4n) is 1.24. The molecule has 1 heterocycles. The lowest BCUT2D eigenvalue weighted by atomic mass is 10.4. The third kappa shape index (κ3) is 3.71. The van der Waals surface area contributed by atoms with Crippen LogP contribution in [0.1, 0.15) is 13.3 Å². The van der Waals surface area contributed by atoms with E-state index in [2.05, 4.69) is 15.7 Å². The van der Waals surface area contributed by atoms with Gasteiger partial charge in [0.05, 0.1) is 11.9 Å². The van der Waals surface area contributed by atoms with Gasteiger partial charge >= 0.3 is 0 Å². The normalized spacial score (nSPS) is 10.3. The maximum atomic E-state index is 11.5. The van der Waals surface area contributed by atoms with E-state index in [1.54, 1.807) is 12.3 Å². The zero-order valence-corrected chi connectivity index (χ0v) is 9.29. The Morgan fingerprint density at radius 2 is 2.27 bits per heavy atom. The topological polar surface area (TPSA) is 59.0 Å². The molecule has 0 saturated carbocycles. The van der Waals surface area contributed by atoms with E-state index in [1.807, 2.05) is 14.0 Å². The standard InChI is InChI=1S/C10H18N4O/c1-3-6-14-10(15)7-9(8-13-14)12-5-4-11-2/h7-8,11-12H,3-6H2,1-2H3. The van der Waals surface area contributed by atoms with Crippen LogP contribution < -0.4 is 16.2 Å². The highest BCUT2D eigenvalue weighted by molar-refractivity contribution is 5.38. The summed E-state index contributed by atoms with van der Waals surface area (Å²) >= 11 is 0. The summed E-state index contributed by atoms with van der Waals surface area (Å²) in [6.45, 7) is 4.34. The summed E-state index contributed by atoms with van der Waals surface area (Å²) in [5.41, 5.74) is 0.730. The molecule has 5 nitrogen and oxygen atoms in total. The van der Waals surface area contributed by atoms with Crippen molar-refractivity contribution >= 4 is 5.69 Å². The molecular formula is C10H18N4O. The van der Waals surface area contributed by atoms with Gasteiger partial charge in [0.1, 0.15) is 0 Å². The highest BCUT2D eigenvalue weighted by Gasteiger charge is 1.98. The Kier molecular flexibility index (Phi) is 4.83. The minimum absolute atomic E-state index is 0.0497. The molecule has 0 bridgehead atoms. The van der Waals surface area contributed by atoms with E-state index in [-0.39, 0.29) is 5.56 Å². The van der Waals surface area contributed by atoms with Crippen LogP contribution in [0.15, 0.2) is 17.1 Å². The Morgan fingerprint density at radius 1 is 1.47 bits per heavy atom. The van der Waals surface area contributed by atoms with Crippen molar-refractivity contribution < 1.29 is 0 Å². The Hall–Kier alpha value is -1.36. The summed E-state index contributed by atoms with van der Waals surface area (Å²) in [5, 5.41) is 10.2. The van der Waals surface area contributed by atoms with Gasteiger partial charge in [-0.25, -0.2) is 4.68 Å². The molecule has 0 aliphatic carbocycles. The molecule has 0 aliphatic rings. The van der Waals surface area contributed by atoms with Gasteiger partial charge in [0, 0.05) is 25.7 Å². The molecule has 0 radical (unpaired) electrons. The molecule has 1 aromatic rings. The average Bonchev–Trinajstić information content (AvgIpc) is 2.23. The van der Waals surface area contributed by atoms with Gasteiger partial charge in [-0.15, -0.1) is 0 Å². The molecule has 0 aromatic carbocycles. The van der Waals surface area contributed by atoms with Crippen molar-refractivity contribution in [2.24, 2.45) is 0 Å². The summed E-state index contributed by atoms with van der Waals surface area (Å²) in [6, 6.07) is 1.58. The van der Waals surface area contributed by atoms with E-state index in [1.165, 1.54) is 4.68 Å². The Morgan fingerprint density at radius 3 is 2.87 bits per heavy atom. The minimum Gasteiger partial charge on any atom is -0.382 e. The molecule has 0 aliphatic heterocycles. The van der Waals surface area contributed by atoms with Gasteiger partial charge in [-0.05, 0) is 13.5 Å². The number of hydrogen-bond acceptors (Lipinski definition) is 4. The molecule has 0 spiro atoms. The first kappa shape index (κ1) is 11.7. The first-order valence-corrected chi connectivity index (χ1v) is 5.23. The molecule has 0 atom stereocenters. The third-order valence-corrected chi connectivity index (χ3v) is 2.01. The smallest absolute Gasteiger partial charge is 0.268 e. The predicted molar refractivity (Wildman–Crippen MR) is 61.2 cm³/mol. The number of hydrogen-bond donors (Lipinski definition) is 2. The fraction of sp³-hybridized carbons (Fsp3) is 0.600. The zero-order chi connectivity index (χ0) is 11.1. The Balaban J connectivity index is 2.61. The number of anilines is 1. The van der Waals surface area contributed by atoms with E-state index < -0.39 is 0 Å². The quantitative estimate of drug-likeness (QED) is 0.662. The van der Waals surface area contributed by atoms with E-state index in [4.69, 9.17) is 0 Å². The second kappa shape index (κ2) is 6.19. The van der Waals surface area contributed by atoms with Crippen LogP contribution in [-0.2, 0) is 6.54 Å². The summed E-state index contributed by atoms with van der Waals surface area (Å²) in [7, 11) is 1.89. The first-order valence-electron chi connectivity index (χ1n) is 5.23. The number of rotatable bonds is 6. The zero-order valence-electron chi connectivity index (χ0n) is 9.29. The van der Waals surface area contributed by atoms with Crippen LogP contribution in [-0.4, -0.2) is 29.9 Å². The highest BCUT2D eigenvalue weighted by atomic mass is 16.1. The number of nitrogens with one attached hydrogen (secondary N) is 2. The van der Waals surface area contributed by atoms with E-state index >= 15 is 0 Å². The lowest BCUT2D eigenvalue weighted by Gasteiger charge is -2.06. The van der Waals surface area contributed by atoms with E-state index in [0.717, 1.165) is 25.2 Å². The van der Waals surface area contributed by atoms with Gasteiger partial charge in [-0.3, -0.25) is 4.79 Å². The summed E-state index contributed by atoms with van der Waals surface area (Å²) in [5.74, 6) is 0. The Labute approximate surface area is 89.5 Å². The average molecular weight is 210 g/mol. The van der Waals surface area contributed by atoms with Crippen LogP contribution in [0.2, 0.25) is 0 Å². The Bertz CT molecular complexity index is 348. The first-order chi connectivity index (χ1) is 7.27. The molecule has 0 fully saturated rings. The van der Waals surface area contributed by atoms with Crippen molar-refractivity contribution in [3.8, 4) is 0 Å². The van der Waals surface area contributed by atoms with Gasteiger partial charge in [0.25, 0.3) is 5.56 Å². The summed E-state index contributed by atoms with van der Waals surface area (Å²) in [4.78, 5) is 11.5. The second-order valence-electron chi connectivity index (χ2n) is 3.34. The summed E-state index contributed by atoms with van der Waals surface area (Å²) in [6.07, 6.45) is 2.60. The molecule has 0 saturated heterocycles. The fourth-order valence-corrected chi connectivity index (χ4v) is 1.24. The molecule has 5 heteroatoms. The number of nitrogens with zero attached hydrogens (tertiary/aromatic N) is 2. The van der Waals surface area contributed by atoms with Gasteiger partial charge in [0.15, 0.2) is 0 Å². The van der Waals surface area contributed by atoms with Crippen LogP contribution in [0.4, 0.5) is 5.69 Å². The van der Waals surface area contributed by atoms with Crippen LogP contribution in [0.3, 0.4) is 0 Å². The SMILES string of the molecule is CCCn1ncc(NCCNC)cc1=O. The molecule has 0 amide bonds. The van der Waals surface area contributed by atoms with Crippen molar-refractivity contribution in [2.75, 3.05) is 25.5 Å². The van der Waals surface area contributed by atoms with Crippen LogP contribution in [0, 0.1) is 0 Å². The molecule has 2 N–H and O–H groups in total. The maximum Gasteiger partial charge on any atom is 0.268 e. The third-order valence-electron chi connectivity index (χ3n) is 2.01. The van der Waals surface area contributed by atoms with E-state index in [0.29, 0.717) is 6.54 Å². The highest BCUT2D eigenvalue weighted by Crippen LogP contribution is 1.98. The lowest BCUT2D eigenvalue weighted by molar-refractivity contribution is 0.568. The second-order valence-corrected chi connectivity index (χ2v) is 3.34. The van der Waals surface area contributed by atoms with Crippen molar-refractivity contribution in [1.82, 2.24) is 15.1 Å². The number of likely N-dealkylation sites (N-methyl/N-ethyl adjacent to an activating group) is 1. The number of aromatic nitrogens is 2. The molecule has 1 aromatic heterocycles. The van der Waals surface area contributed by atoms with Crippen LogP contribution in [0.25, 0.3) is 0 Å². The largest absolute Gasteiger partial charge is 0.382 e. The van der Waals surface area contributed by atoms with Gasteiger partial charge in [0.2, 0.25) is 0 Å². The predicted octanol–water partition coefficient (Wildman–Crippen LogP) is 0.285. The van der Waals surface area contributed by atoms with E-state index in [9.17, 15) is 4.79 Å². The van der Waals surface area contributed by atoms with Gasteiger partial charge in [-0.1, -0.05) is 6.92 Å². The molecule has 1 rings (SSSR count). The van der Waals surface area contributed by atoms with Crippen molar-refractivity contribution in [3.63, 3.8) is 0 Å². The van der Waals surface area contributed by atoms with Crippen LogP contribution >= 0.6 is 0 Å². The monoisotopic (exact) mass is 210 g/mol. The minimum atomic E-state index is -0.0497. The van der Waals surface area contributed by atoms with Crippen molar-refractivity contribution in [2.45, 2.75) is 19.9 Å². The molecule has 0 unspecified atom stereocenters. The lowest BCUT2D eigenvalue weighted by Crippen LogP contribution is -2.23. The maximum absolute atomic E-state index is 11.5. The molecule has 15 heavy (non-hydrogen) atoms. The molecule has 84 valence electrons. The summed E-state index contributed by atoms with van der Waals surface area (Å²) < 4.78 is 1.48. The van der Waals surface area contributed by atoms with Gasteiger partial charge < -0.3 is 10.6 Å². The van der Waals surface area contributed by atoms with Crippen LogP contribution in [0.5, 0.6) is 0 Å².